The number of nitrogens with one attached hydrogen (secondary N) is 1. The van der Waals surface area contributed by atoms with Crippen molar-refractivity contribution < 1.29 is 39.6 Å². The molecule has 0 aromatic heterocycles. The third kappa shape index (κ3) is 4.32. The highest BCUT2D eigenvalue weighted by Crippen LogP contribution is 2.43. The molecule has 2 rings (SSSR count). The van der Waals surface area contributed by atoms with Crippen LogP contribution in [0.25, 0.3) is 0 Å². The number of phenols is 1. The van der Waals surface area contributed by atoms with E-state index in [2.05, 4.69) is 0 Å². The number of carbonyl (C=O) groups is 1. The van der Waals surface area contributed by atoms with Gasteiger partial charge in [-0.15, -0.1) is 0 Å². The number of aliphatic hydroxyl groups excluding tert-OH is 1. The second-order valence-corrected chi connectivity index (χ2v) is 7.31. The normalized spacial score (nSPS) is 19.6. The molecule has 0 amide bonds. The molecule has 9 nitrogen and oxygen atoms in total. The predicted octanol–water partition coefficient (Wildman–Crippen LogP) is 0.774. The fourth-order valence-electron chi connectivity index (χ4n) is 3.06. The van der Waals surface area contributed by atoms with Crippen LogP contribution in [0, 0.1) is 5.92 Å². The number of carbonyl (C=O) groups excluding carboxylic acids is 1. The Balaban J connectivity index is 2.49. The molecule has 26 heavy (non-hydrogen) atoms. The lowest BCUT2D eigenvalue weighted by molar-refractivity contribution is -0.207. The van der Waals surface area contributed by atoms with Crippen LogP contribution in [-0.4, -0.2) is 41.8 Å². The van der Waals surface area contributed by atoms with Crippen molar-refractivity contribution in [2.75, 3.05) is 0 Å². The van der Waals surface area contributed by atoms with Gasteiger partial charge in [-0.2, -0.15) is 0 Å². The van der Waals surface area contributed by atoms with E-state index in [-0.39, 0.29) is 12.2 Å². The summed E-state index contributed by atoms with van der Waals surface area (Å²) in [6.45, 7) is 1.64. The summed E-state index contributed by atoms with van der Waals surface area (Å²) in [6, 6.07) is 5.58. The predicted molar refractivity (Wildman–Crippen MR) is 90.8 cm³/mol. The van der Waals surface area contributed by atoms with Crippen LogP contribution in [0.3, 0.4) is 0 Å². The van der Waals surface area contributed by atoms with Gasteiger partial charge < -0.3 is 30.2 Å². The lowest BCUT2D eigenvalue weighted by Crippen LogP contribution is -2.50. The molecule has 1 aromatic rings. The summed E-state index contributed by atoms with van der Waals surface area (Å²) in [5, 5.41) is 42.2. The molecule has 1 aromatic carbocycles. The molecule has 0 aliphatic heterocycles. The summed E-state index contributed by atoms with van der Waals surface area (Å²) in [5.41, 5.74) is -0.108. The molecule has 0 spiro atoms. The molecule has 10 heteroatoms. The van der Waals surface area contributed by atoms with E-state index in [9.17, 15) is 29.8 Å². The average molecular weight is 385 g/mol. The van der Waals surface area contributed by atoms with Crippen molar-refractivity contribution in [2.45, 2.75) is 25.0 Å². The van der Waals surface area contributed by atoms with Gasteiger partial charge in [0.25, 0.3) is 0 Å². The number of allylic oxidation sites excluding steroid dienone is 2. The number of hydrogen-bond acceptors (Lipinski definition) is 6. The van der Waals surface area contributed by atoms with Crippen LogP contribution in [0.4, 0.5) is 0 Å². The Kier molecular flexibility index (Phi) is 5.60. The zero-order valence-corrected chi connectivity index (χ0v) is 14.7. The number of rotatable bonds is 6. The molecule has 7 N–H and O–H groups in total. The molecule has 1 aliphatic carbocycles. The Morgan fingerprint density at radius 2 is 1.73 bits per heavy atom. The van der Waals surface area contributed by atoms with E-state index < -0.39 is 42.6 Å². The minimum atomic E-state index is -4.88. The molecule has 0 saturated heterocycles. The number of benzene rings is 1. The standard InChI is InChI=1S/C16H20NO8P/c1-2-12(9-3-5-10(18)6-4-9)16(21,22)15-13(17-26(23,24)25)7-11(19)8-14(15)20/h3-8,12,15,18-19,21-22H,2H2,1H3,(H3,17,23,24,25). The summed E-state index contributed by atoms with van der Waals surface area (Å²) in [5.74, 6) is -7.04. The second-order valence-electron chi connectivity index (χ2n) is 6.00. The molecule has 0 saturated carbocycles. The number of hydrogen-bond donors (Lipinski definition) is 7. The van der Waals surface area contributed by atoms with Gasteiger partial charge in [-0.1, -0.05) is 19.1 Å². The summed E-state index contributed by atoms with van der Waals surface area (Å²) in [7, 11) is -4.88. The lowest BCUT2D eigenvalue weighted by Gasteiger charge is -2.38. The SMILES string of the molecule is CCC(c1ccc(O)cc1)C(O)(O)C1C(=O)C=C(O)C=C1NP(=O)(O)O. The van der Waals surface area contributed by atoms with Crippen molar-refractivity contribution in [1.29, 1.82) is 0 Å². The first kappa shape index (κ1) is 20.2. The highest BCUT2D eigenvalue weighted by Gasteiger charge is 2.49. The largest absolute Gasteiger partial charge is 0.508 e. The number of aliphatic hydroxyl groups is 3. The topological polar surface area (TPSA) is 168 Å². The van der Waals surface area contributed by atoms with Crippen molar-refractivity contribution in [3.63, 3.8) is 0 Å². The molecular weight excluding hydrogens is 365 g/mol. The molecule has 142 valence electrons. The number of aromatic hydroxyl groups is 1. The third-order valence-corrected chi connectivity index (χ3v) is 4.65. The van der Waals surface area contributed by atoms with Crippen molar-refractivity contribution in [3.8, 4) is 5.75 Å². The summed E-state index contributed by atoms with van der Waals surface area (Å²) >= 11 is 0. The van der Waals surface area contributed by atoms with Crippen LogP contribution in [0.15, 0.2) is 47.9 Å². The van der Waals surface area contributed by atoms with Gasteiger partial charge in [-0.25, -0.2) is 4.57 Å². The highest BCUT2D eigenvalue weighted by molar-refractivity contribution is 7.49. The molecule has 0 heterocycles. The van der Waals surface area contributed by atoms with E-state index in [1.807, 2.05) is 0 Å². The Hall–Kier alpha value is -2.16. The maximum atomic E-state index is 12.3. The van der Waals surface area contributed by atoms with Gasteiger partial charge in [-0.3, -0.25) is 9.88 Å². The summed E-state index contributed by atoms with van der Waals surface area (Å²) in [4.78, 5) is 30.6. The van der Waals surface area contributed by atoms with E-state index in [0.29, 0.717) is 5.56 Å². The van der Waals surface area contributed by atoms with Gasteiger partial charge in [-0.05, 0) is 24.1 Å². The molecule has 2 atom stereocenters. The van der Waals surface area contributed by atoms with Crippen LogP contribution in [0.2, 0.25) is 0 Å². The van der Waals surface area contributed by atoms with Crippen molar-refractivity contribution in [1.82, 2.24) is 5.09 Å². The molecule has 0 fully saturated rings. The average Bonchev–Trinajstić information content (AvgIpc) is 2.46. The van der Waals surface area contributed by atoms with Crippen LogP contribution in [-0.2, 0) is 9.36 Å². The van der Waals surface area contributed by atoms with Gasteiger partial charge in [0.2, 0.25) is 0 Å². The van der Waals surface area contributed by atoms with E-state index in [4.69, 9.17) is 9.79 Å². The molecule has 1 aliphatic rings. The van der Waals surface area contributed by atoms with Crippen LogP contribution < -0.4 is 5.09 Å². The van der Waals surface area contributed by atoms with Gasteiger partial charge in [0.15, 0.2) is 11.6 Å². The van der Waals surface area contributed by atoms with E-state index in [1.165, 1.54) is 24.3 Å². The monoisotopic (exact) mass is 385 g/mol. The van der Waals surface area contributed by atoms with E-state index >= 15 is 0 Å². The minimum absolute atomic E-state index is 0.0320. The quantitative estimate of drug-likeness (QED) is 0.276. The maximum absolute atomic E-state index is 12.3. The Morgan fingerprint density at radius 1 is 1.15 bits per heavy atom. The van der Waals surface area contributed by atoms with Gasteiger partial charge >= 0.3 is 7.75 Å². The van der Waals surface area contributed by atoms with Crippen LogP contribution >= 0.6 is 7.75 Å². The molecule has 0 radical (unpaired) electrons. The van der Waals surface area contributed by atoms with Crippen LogP contribution in [0.5, 0.6) is 5.75 Å². The van der Waals surface area contributed by atoms with Crippen molar-refractivity contribution >= 4 is 13.5 Å². The summed E-state index contributed by atoms with van der Waals surface area (Å²) in [6.07, 6.45) is 1.77. The first-order valence-corrected chi connectivity index (χ1v) is 9.30. The molecular formula is C16H20NO8P. The second kappa shape index (κ2) is 7.22. The molecule has 2 unspecified atom stereocenters. The van der Waals surface area contributed by atoms with Gasteiger partial charge in [0.05, 0.1) is 0 Å². The Labute approximate surface area is 149 Å². The van der Waals surface area contributed by atoms with Crippen LogP contribution in [0.1, 0.15) is 24.8 Å². The zero-order valence-electron chi connectivity index (χ0n) is 13.8. The number of ketones is 1. The maximum Gasteiger partial charge on any atom is 0.427 e. The Morgan fingerprint density at radius 3 is 2.23 bits per heavy atom. The minimum Gasteiger partial charge on any atom is -0.508 e. The van der Waals surface area contributed by atoms with Crippen molar-refractivity contribution in [3.05, 3.63) is 53.4 Å². The van der Waals surface area contributed by atoms with E-state index in [1.54, 1.807) is 12.0 Å². The van der Waals surface area contributed by atoms with Crippen molar-refractivity contribution in [2.24, 2.45) is 5.92 Å². The first-order valence-electron chi connectivity index (χ1n) is 7.69. The zero-order chi connectivity index (χ0) is 19.7. The van der Waals surface area contributed by atoms with Gasteiger partial charge in [0.1, 0.15) is 17.4 Å². The fourth-order valence-corrected chi connectivity index (χ4v) is 3.59. The summed E-state index contributed by atoms with van der Waals surface area (Å²) < 4.78 is 11.3. The smallest absolute Gasteiger partial charge is 0.427 e. The van der Waals surface area contributed by atoms with E-state index in [0.717, 1.165) is 12.2 Å². The van der Waals surface area contributed by atoms with Gasteiger partial charge in [0, 0.05) is 23.8 Å². The highest BCUT2D eigenvalue weighted by atomic mass is 31.2. The lowest BCUT2D eigenvalue weighted by atomic mass is 9.76. The Bertz CT molecular complexity index is 793. The number of phenolic OH excluding ortho intramolecular Hbond substituents is 1. The third-order valence-electron chi connectivity index (χ3n) is 4.11. The molecule has 0 bridgehead atoms. The first-order chi connectivity index (χ1) is 12.0. The fraction of sp³-hybridized carbons (Fsp3) is 0.312.